The minimum atomic E-state index is -0.136. The van der Waals surface area contributed by atoms with Crippen LogP contribution in [-0.4, -0.2) is 49.3 Å². The maximum atomic E-state index is 12.3. The van der Waals surface area contributed by atoms with Gasteiger partial charge in [0, 0.05) is 12.3 Å². The van der Waals surface area contributed by atoms with Crippen LogP contribution in [-0.2, 0) is 19.1 Å². The van der Waals surface area contributed by atoms with Crippen molar-refractivity contribution in [1.82, 2.24) is 10.6 Å². The molecule has 140 valence electrons. The molecule has 0 aromatic rings. The maximum Gasteiger partial charge on any atom is 0.223 e. The number of carbonyl (C=O) groups excluding carboxylic acids is 2. The smallest absolute Gasteiger partial charge is 0.223 e. The minimum Gasteiger partial charge on any atom is -0.371 e. The first kappa shape index (κ1) is 17.3. The first-order valence-corrected chi connectivity index (χ1v) is 10.0. The van der Waals surface area contributed by atoms with E-state index in [4.69, 9.17) is 9.47 Å². The molecule has 6 heteroatoms. The Labute approximate surface area is 149 Å². The van der Waals surface area contributed by atoms with E-state index in [9.17, 15) is 9.59 Å². The molecule has 25 heavy (non-hydrogen) atoms. The first-order chi connectivity index (χ1) is 12.2. The molecule has 2 aliphatic heterocycles. The molecule has 6 nitrogen and oxygen atoms in total. The van der Waals surface area contributed by atoms with Crippen molar-refractivity contribution in [2.24, 2.45) is 11.8 Å². The molecule has 4 rings (SSSR count). The maximum absolute atomic E-state index is 12.3. The highest BCUT2D eigenvalue weighted by molar-refractivity contribution is 5.81. The van der Waals surface area contributed by atoms with Gasteiger partial charge in [0.05, 0.1) is 25.3 Å². The van der Waals surface area contributed by atoms with Gasteiger partial charge >= 0.3 is 0 Å². The predicted molar refractivity (Wildman–Crippen MR) is 91.9 cm³/mol. The molecule has 2 amide bonds. The fourth-order valence-electron chi connectivity index (χ4n) is 4.48. The van der Waals surface area contributed by atoms with Crippen LogP contribution in [0.4, 0.5) is 0 Å². The molecule has 4 atom stereocenters. The molecule has 0 bridgehead atoms. The van der Waals surface area contributed by atoms with E-state index in [1.54, 1.807) is 0 Å². The molecular formula is C19H30N2O4. The van der Waals surface area contributed by atoms with Crippen LogP contribution in [0.5, 0.6) is 0 Å². The number of hydrogen-bond acceptors (Lipinski definition) is 4. The van der Waals surface area contributed by atoms with Crippen molar-refractivity contribution in [3.63, 3.8) is 0 Å². The fraction of sp³-hybridized carbons (Fsp3) is 0.895. The quantitative estimate of drug-likeness (QED) is 0.762. The Balaban J connectivity index is 1.21. The van der Waals surface area contributed by atoms with Crippen LogP contribution in [0.1, 0.15) is 57.8 Å². The summed E-state index contributed by atoms with van der Waals surface area (Å²) in [5.41, 5.74) is 0. The molecule has 2 saturated heterocycles. The van der Waals surface area contributed by atoms with E-state index in [0.717, 1.165) is 25.2 Å². The molecule has 2 N–H and O–H groups in total. The SMILES string of the molecule is O=C(CCC1CCCCC1)NC1COC2C(NC(=O)C3CC3)COC12. The second-order valence-corrected chi connectivity index (χ2v) is 8.20. The summed E-state index contributed by atoms with van der Waals surface area (Å²) in [5.74, 6) is 1.14. The highest BCUT2D eigenvalue weighted by atomic mass is 16.6. The molecule has 0 aromatic heterocycles. The van der Waals surface area contributed by atoms with Gasteiger partial charge in [0.25, 0.3) is 0 Å². The molecule has 4 fully saturated rings. The van der Waals surface area contributed by atoms with E-state index in [1.807, 2.05) is 0 Å². The summed E-state index contributed by atoms with van der Waals surface area (Å²) in [6.45, 7) is 0.947. The van der Waals surface area contributed by atoms with Crippen LogP contribution in [0, 0.1) is 11.8 Å². The Morgan fingerprint density at radius 2 is 1.48 bits per heavy atom. The lowest BCUT2D eigenvalue weighted by atomic mass is 9.86. The summed E-state index contributed by atoms with van der Waals surface area (Å²) in [6, 6.07) is -0.172. The Morgan fingerprint density at radius 3 is 2.12 bits per heavy atom. The zero-order valence-electron chi connectivity index (χ0n) is 14.9. The van der Waals surface area contributed by atoms with Gasteiger partial charge in [-0.2, -0.15) is 0 Å². The van der Waals surface area contributed by atoms with E-state index in [1.165, 1.54) is 32.1 Å². The van der Waals surface area contributed by atoms with Gasteiger partial charge in [-0.05, 0) is 25.2 Å². The summed E-state index contributed by atoms with van der Waals surface area (Å²) in [7, 11) is 0. The van der Waals surface area contributed by atoms with Crippen molar-refractivity contribution < 1.29 is 19.1 Å². The van der Waals surface area contributed by atoms with Gasteiger partial charge in [-0.1, -0.05) is 32.1 Å². The average Bonchev–Trinajstić information content (AvgIpc) is 3.30. The van der Waals surface area contributed by atoms with Crippen molar-refractivity contribution in [3.8, 4) is 0 Å². The molecule has 2 saturated carbocycles. The number of hydrogen-bond donors (Lipinski definition) is 2. The number of fused-ring (bicyclic) bond motifs is 1. The van der Waals surface area contributed by atoms with Crippen LogP contribution in [0.25, 0.3) is 0 Å². The third kappa shape index (κ3) is 4.17. The Hall–Kier alpha value is -1.14. The Kier molecular flexibility index (Phi) is 5.27. The largest absolute Gasteiger partial charge is 0.371 e. The normalized spacial score (nSPS) is 35.4. The van der Waals surface area contributed by atoms with E-state index in [2.05, 4.69) is 10.6 Å². The van der Waals surface area contributed by atoms with E-state index < -0.39 is 0 Å². The zero-order chi connectivity index (χ0) is 17.2. The highest BCUT2D eigenvalue weighted by Gasteiger charge is 2.49. The van der Waals surface area contributed by atoms with Crippen molar-refractivity contribution in [3.05, 3.63) is 0 Å². The third-order valence-electron chi connectivity index (χ3n) is 6.18. The van der Waals surface area contributed by atoms with Crippen molar-refractivity contribution in [2.75, 3.05) is 13.2 Å². The minimum absolute atomic E-state index is 0.0813. The van der Waals surface area contributed by atoms with Gasteiger partial charge in [-0.25, -0.2) is 0 Å². The Bertz CT molecular complexity index is 502. The van der Waals surface area contributed by atoms with Gasteiger partial charge in [0.1, 0.15) is 12.2 Å². The summed E-state index contributed by atoms with van der Waals surface area (Å²) in [5, 5.41) is 6.15. The van der Waals surface area contributed by atoms with Crippen LogP contribution >= 0.6 is 0 Å². The van der Waals surface area contributed by atoms with Crippen LogP contribution in [0.2, 0.25) is 0 Å². The molecular weight excluding hydrogens is 320 g/mol. The number of ether oxygens (including phenoxy) is 2. The predicted octanol–water partition coefficient (Wildman–Crippen LogP) is 1.52. The first-order valence-electron chi connectivity index (χ1n) is 10.0. The molecule has 0 spiro atoms. The molecule has 4 unspecified atom stereocenters. The lowest BCUT2D eigenvalue weighted by Gasteiger charge is -2.22. The number of rotatable bonds is 6. The van der Waals surface area contributed by atoms with Gasteiger partial charge in [-0.15, -0.1) is 0 Å². The lowest BCUT2D eigenvalue weighted by Crippen LogP contribution is -2.47. The van der Waals surface area contributed by atoms with Crippen molar-refractivity contribution in [2.45, 2.75) is 82.1 Å². The highest BCUT2D eigenvalue weighted by Crippen LogP contribution is 2.32. The third-order valence-corrected chi connectivity index (χ3v) is 6.18. The summed E-state index contributed by atoms with van der Waals surface area (Å²) < 4.78 is 11.7. The molecule has 2 heterocycles. The number of carbonyl (C=O) groups is 2. The van der Waals surface area contributed by atoms with Gasteiger partial charge in [-0.3, -0.25) is 9.59 Å². The standard InChI is InChI=1S/C19H30N2O4/c22-16(9-6-12-4-2-1-3-5-12)20-14-10-24-18-15(11-25-17(14)18)21-19(23)13-7-8-13/h12-15,17-18H,1-11H2,(H,20,22)(H,21,23). The second kappa shape index (κ2) is 7.62. The van der Waals surface area contributed by atoms with Crippen LogP contribution in [0.15, 0.2) is 0 Å². The van der Waals surface area contributed by atoms with Gasteiger partial charge in [0.2, 0.25) is 11.8 Å². The summed E-state index contributed by atoms with van der Waals surface area (Å²) in [6.07, 6.45) is 9.83. The monoisotopic (exact) mass is 350 g/mol. The second-order valence-electron chi connectivity index (χ2n) is 8.20. The average molecular weight is 350 g/mol. The zero-order valence-corrected chi connectivity index (χ0v) is 14.9. The van der Waals surface area contributed by atoms with Crippen molar-refractivity contribution in [1.29, 1.82) is 0 Å². The van der Waals surface area contributed by atoms with Gasteiger partial charge < -0.3 is 20.1 Å². The number of amides is 2. The van der Waals surface area contributed by atoms with E-state index in [-0.39, 0.29) is 42.0 Å². The summed E-state index contributed by atoms with van der Waals surface area (Å²) in [4.78, 5) is 24.2. The topological polar surface area (TPSA) is 76.7 Å². The molecule has 4 aliphatic rings. The summed E-state index contributed by atoms with van der Waals surface area (Å²) >= 11 is 0. The molecule has 2 aliphatic carbocycles. The van der Waals surface area contributed by atoms with Gasteiger partial charge in [0.15, 0.2) is 0 Å². The van der Waals surface area contributed by atoms with E-state index >= 15 is 0 Å². The van der Waals surface area contributed by atoms with Crippen LogP contribution in [0.3, 0.4) is 0 Å². The lowest BCUT2D eigenvalue weighted by molar-refractivity contribution is -0.123. The van der Waals surface area contributed by atoms with Crippen molar-refractivity contribution >= 4 is 11.8 Å². The molecule has 0 aromatic carbocycles. The van der Waals surface area contributed by atoms with E-state index in [0.29, 0.717) is 19.6 Å². The number of nitrogens with one attached hydrogen (secondary N) is 2. The molecule has 0 radical (unpaired) electrons. The Morgan fingerprint density at radius 1 is 0.840 bits per heavy atom. The van der Waals surface area contributed by atoms with Crippen LogP contribution < -0.4 is 10.6 Å². The fourth-order valence-corrected chi connectivity index (χ4v) is 4.48.